The first-order valence-corrected chi connectivity index (χ1v) is 9.20. The molecule has 1 heterocycles. The number of imidazole rings is 1. The van der Waals surface area contributed by atoms with E-state index < -0.39 is 6.10 Å². The molecular formula is C20H20ClN3O2. The molecule has 1 aromatic heterocycles. The maximum Gasteiger partial charge on any atom is 0.229 e. The molecule has 0 spiro atoms. The molecule has 1 atom stereocenters. The fraction of sp³-hybridized carbons (Fsp3) is 0.300. The van der Waals surface area contributed by atoms with E-state index in [1.54, 1.807) is 6.07 Å². The molecule has 1 aliphatic carbocycles. The predicted octanol–water partition coefficient (Wildman–Crippen LogP) is 4.48. The summed E-state index contributed by atoms with van der Waals surface area (Å²) in [6.07, 6.45) is 2.44. The highest BCUT2D eigenvalue weighted by molar-refractivity contribution is 6.31. The summed E-state index contributed by atoms with van der Waals surface area (Å²) in [5.41, 5.74) is 2.46. The molecule has 2 aromatic carbocycles. The number of aliphatic hydroxyl groups excluding tert-OH is 1. The molecule has 1 fully saturated rings. The van der Waals surface area contributed by atoms with Crippen molar-refractivity contribution in [2.75, 3.05) is 5.32 Å². The summed E-state index contributed by atoms with van der Waals surface area (Å²) >= 11 is 6.15. The molecule has 1 saturated carbocycles. The predicted molar refractivity (Wildman–Crippen MR) is 102 cm³/mol. The Bertz CT molecular complexity index is 935. The summed E-state index contributed by atoms with van der Waals surface area (Å²) in [4.78, 5) is 17.0. The van der Waals surface area contributed by atoms with E-state index in [0.717, 1.165) is 29.4 Å². The smallest absolute Gasteiger partial charge is 0.229 e. The van der Waals surface area contributed by atoms with Crippen LogP contribution in [0.4, 0.5) is 5.95 Å². The topological polar surface area (TPSA) is 67.2 Å². The number of benzene rings is 2. The average molecular weight is 370 g/mol. The van der Waals surface area contributed by atoms with Crippen LogP contribution in [-0.2, 0) is 4.79 Å². The zero-order chi connectivity index (χ0) is 18.1. The third-order valence-electron chi connectivity index (χ3n) is 4.91. The fourth-order valence-electron chi connectivity index (χ4n) is 3.31. The third-order valence-corrected chi connectivity index (χ3v) is 5.14. The SMILES string of the molecule is O=C(C[C@@H](O)c1ccccc1)Nc1nc2ccc(Cl)cc2n1C1CCC1. The van der Waals surface area contributed by atoms with Crippen molar-refractivity contribution in [3.63, 3.8) is 0 Å². The van der Waals surface area contributed by atoms with Crippen molar-refractivity contribution in [3.8, 4) is 0 Å². The minimum atomic E-state index is -0.841. The highest BCUT2D eigenvalue weighted by Crippen LogP contribution is 2.37. The Morgan fingerprint density at radius 1 is 1.27 bits per heavy atom. The number of nitrogens with zero attached hydrogens (tertiary/aromatic N) is 2. The highest BCUT2D eigenvalue weighted by atomic mass is 35.5. The molecule has 0 radical (unpaired) electrons. The molecule has 0 bridgehead atoms. The molecule has 6 heteroatoms. The van der Waals surface area contributed by atoms with Gasteiger partial charge in [0.1, 0.15) is 0 Å². The molecule has 26 heavy (non-hydrogen) atoms. The first-order chi connectivity index (χ1) is 12.6. The number of rotatable bonds is 5. The highest BCUT2D eigenvalue weighted by Gasteiger charge is 2.26. The van der Waals surface area contributed by atoms with Crippen LogP contribution in [0, 0.1) is 0 Å². The maximum atomic E-state index is 12.5. The number of amides is 1. The largest absolute Gasteiger partial charge is 0.388 e. The van der Waals surface area contributed by atoms with Gasteiger partial charge >= 0.3 is 0 Å². The normalized spacial score (nSPS) is 15.6. The van der Waals surface area contributed by atoms with Crippen molar-refractivity contribution in [3.05, 3.63) is 59.1 Å². The standard InChI is InChI=1S/C20H20ClN3O2/c21-14-9-10-16-17(11-14)24(15-7-4-8-15)20(22-16)23-19(26)12-18(25)13-5-2-1-3-6-13/h1-3,5-6,9-11,15,18,25H,4,7-8,12H2,(H,22,23,26)/t18-/m1/s1. The van der Waals surface area contributed by atoms with Crippen LogP contribution in [-0.4, -0.2) is 20.6 Å². The molecule has 134 valence electrons. The van der Waals surface area contributed by atoms with Gasteiger partial charge in [-0.25, -0.2) is 4.98 Å². The molecule has 3 aromatic rings. The maximum absolute atomic E-state index is 12.5. The molecule has 5 nitrogen and oxygen atoms in total. The van der Waals surface area contributed by atoms with Gasteiger partial charge in [0, 0.05) is 11.1 Å². The van der Waals surface area contributed by atoms with E-state index in [1.807, 2.05) is 42.5 Å². The van der Waals surface area contributed by atoms with Crippen molar-refractivity contribution in [1.82, 2.24) is 9.55 Å². The van der Waals surface area contributed by atoms with Crippen LogP contribution in [0.1, 0.15) is 43.4 Å². The number of hydrogen-bond donors (Lipinski definition) is 2. The van der Waals surface area contributed by atoms with Crippen molar-refractivity contribution in [1.29, 1.82) is 0 Å². The van der Waals surface area contributed by atoms with Gasteiger partial charge < -0.3 is 9.67 Å². The lowest BCUT2D eigenvalue weighted by atomic mass is 9.93. The van der Waals surface area contributed by atoms with Crippen molar-refractivity contribution >= 4 is 34.5 Å². The Balaban J connectivity index is 1.57. The number of aromatic nitrogens is 2. The first kappa shape index (κ1) is 17.1. The second-order valence-electron chi connectivity index (χ2n) is 6.70. The molecule has 0 unspecified atom stereocenters. The summed E-state index contributed by atoms with van der Waals surface area (Å²) in [5.74, 6) is 0.264. The lowest BCUT2D eigenvalue weighted by Gasteiger charge is -2.29. The number of carbonyl (C=O) groups excluding carboxylic acids is 1. The van der Waals surface area contributed by atoms with Gasteiger partial charge in [-0.2, -0.15) is 0 Å². The number of fused-ring (bicyclic) bond motifs is 1. The van der Waals surface area contributed by atoms with Crippen molar-refractivity contribution in [2.24, 2.45) is 0 Å². The van der Waals surface area contributed by atoms with E-state index >= 15 is 0 Å². The molecule has 0 saturated heterocycles. The monoisotopic (exact) mass is 369 g/mol. The zero-order valence-electron chi connectivity index (χ0n) is 14.2. The second-order valence-corrected chi connectivity index (χ2v) is 7.14. The van der Waals surface area contributed by atoms with Gasteiger partial charge in [-0.05, 0) is 43.0 Å². The summed E-state index contributed by atoms with van der Waals surface area (Å²) in [5, 5.41) is 13.8. The van der Waals surface area contributed by atoms with Crippen molar-refractivity contribution in [2.45, 2.75) is 37.8 Å². The Kier molecular flexibility index (Phi) is 4.66. The van der Waals surface area contributed by atoms with Gasteiger partial charge in [-0.15, -0.1) is 0 Å². The van der Waals surface area contributed by atoms with Crippen LogP contribution in [0.15, 0.2) is 48.5 Å². The Hall–Kier alpha value is -2.37. The van der Waals surface area contributed by atoms with E-state index in [4.69, 9.17) is 11.6 Å². The van der Waals surface area contributed by atoms with Crippen LogP contribution >= 0.6 is 11.6 Å². The summed E-state index contributed by atoms with van der Waals surface area (Å²) < 4.78 is 2.07. The van der Waals surface area contributed by atoms with Crippen LogP contribution in [0.3, 0.4) is 0 Å². The number of hydrogen-bond acceptors (Lipinski definition) is 3. The van der Waals surface area contributed by atoms with Crippen LogP contribution in [0.5, 0.6) is 0 Å². The van der Waals surface area contributed by atoms with Gasteiger partial charge in [-0.3, -0.25) is 10.1 Å². The molecule has 4 rings (SSSR count). The van der Waals surface area contributed by atoms with E-state index in [1.165, 1.54) is 6.42 Å². The minimum absolute atomic E-state index is 0.0152. The summed E-state index contributed by atoms with van der Waals surface area (Å²) in [6, 6.07) is 15.1. The Morgan fingerprint density at radius 2 is 2.04 bits per heavy atom. The number of halogens is 1. The van der Waals surface area contributed by atoms with Crippen LogP contribution in [0.2, 0.25) is 5.02 Å². The van der Waals surface area contributed by atoms with E-state index in [2.05, 4.69) is 14.9 Å². The molecule has 1 aliphatic rings. The van der Waals surface area contributed by atoms with Gasteiger partial charge in [0.15, 0.2) is 0 Å². The summed E-state index contributed by atoms with van der Waals surface area (Å²) in [7, 11) is 0. The number of carbonyl (C=O) groups is 1. The molecule has 2 N–H and O–H groups in total. The van der Waals surface area contributed by atoms with Crippen LogP contribution < -0.4 is 5.32 Å². The van der Waals surface area contributed by atoms with Gasteiger partial charge in [0.05, 0.1) is 23.6 Å². The zero-order valence-corrected chi connectivity index (χ0v) is 15.0. The molecular weight excluding hydrogens is 350 g/mol. The number of nitrogens with one attached hydrogen (secondary N) is 1. The first-order valence-electron chi connectivity index (χ1n) is 8.82. The summed E-state index contributed by atoms with van der Waals surface area (Å²) in [6.45, 7) is 0. The molecule has 1 amide bonds. The van der Waals surface area contributed by atoms with Crippen LogP contribution in [0.25, 0.3) is 11.0 Å². The Morgan fingerprint density at radius 3 is 2.73 bits per heavy atom. The van der Waals surface area contributed by atoms with E-state index in [9.17, 15) is 9.90 Å². The number of aliphatic hydroxyl groups is 1. The van der Waals surface area contributed by atoms with Gasteiger partial charge in [0.2, 0.25) is 11.9 Å². The van der Waals surface area contributed by atoms with Gasteiger partial charge in [0.25, 0.3) is 0 Å². The average Bonchev–Trinajstić information content (AvgIpc) is 2.91. The molecule has 0 aliphatic heterocycles. The van der Waals surface area contributed by atoms with Gasteiger partial charge in [-0.1, -0.05) is 41.9 Å². The third kappa shape index (κ3) is 3.32. The lowest BCUT2D eigenvalue weighted by molar-refractivity contribution is -0.118. The minimum Gasteiger partial charge on any atom is -0.388 e. The quantitative estimate of drug-likeness (QED) is 0.696. The lowest BCUT2D eigenvalue weighted by Crippen LogP contribution is -2.23. The fourth-order valence-corrected chi connectivity index (χ4v) is 3.48. The number of anilines is 1. The van der Waals surface area contributed by atoms with Crippen molar-refractivity contribution < 1.29 is 9.90 Å². The Labute approximate surface area is 156 Å². The van der Waals surface area contributed by atoms with E-state index in [-0.39, 0.29) is 12.3 Å². The van der Waals surface area contributed by atoms with E-state index in [0.29, 0.717) is 17.0 Å². The second kappa shape index (κ2) is 7.09.